The van der Waals surface area contributed by atoms with Crippen molar-refractivity contribution in [1.82, 2.24) is 19.4 Å². The van der Waals surface area contributed by atoms with Crippen molar-refractivity contribution in [2.24, 2.45) is 0 Å². The molecule has 0 unspecified atom stereocenters. The molecule has 0 amide bonds. The van der Waals surface area contributed by atoms with Gasteiger partial charge in [-0.15, -0.1) is 0 Å². The van der Waals surface area contributed by atoms with Gasteiger partial charge in [-0.3, -0.25) is 4.40 Å². The van der Waals surface area contributed by atoms with Crippen LogP contribution in [0, 0.1) is 0 Å². The summed E-state index contributed by atoms with van der Waals surface area (Å²) in [6, 6.07) is 21.3. The monoisotopic (exact) mass is 388 g/mol. The summed E-state index contributed by atoms with van der Waals surface area (Å²) in [5, 5.41) is 1.20. The number of benzene rings is 3. The zero-order valence-corrected chi connectivity index (χ0v) is 16.6. The summed E-state index contributed by atoms with van der Waals surface area (Å²) >= 11 is 0. The van der Waals surface area contributed by atoms with E-state index in [1.807, 2.05) is 19.1 Å². The number of hydrogen-bond donors (Lipinski definition) is 2. The Morgan fingerprint density at radius 3 is 2.60 bits per heavy atom. The SMILES string of the molecule is C=Cc1[nH]c2cc(-c3ccc4nc5[nH]c6ccccc6n5c4c3)ccc2c1/C=C\C. The topological polar surface area (TPSA) is 48.9 Å². The molecule has 3 heterocycles. The molecule has 0 radical (unpaired) electrons. The summed E-state index contributed by atoms with van der Waals surface area (Å²) in [5.74, 6) is 0.870. The van der Waals surface area contributed by atoms with E-state index in [4.69, 9.17) is 4.98 Å². The molecule has 0 saturated carbocycles. The summed E-state index contributed by atoms with van der Waals surface area (Å²) < 4.78 is 2.20. The fourth-order valence-corrected chi connectivity index (χ4v) is 4.40. The van der Waals surface area contributed by atoms with E-state index < -0.39 is 0 Å². The van der Waals surface area contributed by atoms with E-state index in [1.54, 1.807) is 0 Å². The van der Waals surface area contributed by atoms with Gasteiger partial charge in [-0.1, -0.05) is 49.1 Å². The van der Waals surface area contributed by atoms with Crippen molar-refractivity contribution in [3.05, 3.63) is 84.6 Å². The minimum atomic E-state index is 0.870. The number of rotatable bonds is 3. The third-order valence-corrected chi connectivity index (χ3v) is 5.79. The Balaban J connectivity index is 1.57. The quantitative estimate of drug-likeness (QED) is 0.344. The molecule has 30 heavy (non-hydrogen) atoms. The van der Waals surface area contributed by atoms with Gasteiger partial charge in [0.15, 0.2) is 0 Å². The molecule has 0 aliphatic rings. The molecule has 3 aromatic heterocycles. The first-order valence-corrected chi connectivity index (χ1v) is 10.1. The summed E-state index contributed by atoms with van der Waals surface area (Å²) in [7, 11) is 0. The first kappa shape index (κ1) is 16.9. The number of aromatic amines is 2. The van der Waals surface area contributed by atoms with Crippen LogP contribution in [0.4, 0.5) is 0 Å². The molecule has 4 nitrogen and oxygen atoms in total. The van der Waals surface area contributed by atoms with Gasteiger partial charge in [0, 0.05) is 22.2 Å². The first-order valence-electron chi connectivity index (χ1n) is 10.1. The van der Waals surface area contributed by atoms with Gasteiger partial charge in [0.25, 0.3) is 0 Å². The lowest BCUT2D eigenvalue weighted by molar-refractivity contribution is 1.28. The van der Waals surface area contributed by atoms with Crippen LogP contribution in [0.25, 0.3) is 62.0 Å². The predicted molar refractivity (Wildman–Crippen MR) is 127 cm³/mol. The van der Waals surface area contributed by atoms with Crippen molar-refractivity contribution >= 4 is 50.9 Å². The molecule has 3 aromatic carbocycles. The molecule has 6 aromatic rings. The number of fused-ring (bicyclic) bond motifs is 6. The minimum absolute atomic E-state index is 0.870. The minimum Gasteiger partial charge on any atom is -0.355 e. The second-order valence-corrected chi connectivity index (χ2v) is 7.53. The summed E-state index contributed by atoms with van der Waals surface area (Å²) in [6.45, 7) is 5.98. The lowest BCUT2D eigenvalue weighted by Gasteiger charge is -2.04. The summed E-state index contributed by atoms with van der Waals surface area (Å²) in [5.41, 5.74) is 10.00. The molecule has 2 N–H and O–H groups in total. The van der Waals surface area contributed by atoms with E-state index >= 15 is 0 Å². The largest absolute Gasteiger partial charge is 0.355 e. The zero-order chi connectivity index (χ0) is 20.2. The number of nitrogens with zero attached hydrogens (tertiary/aromatic N) is 2. The van der Waals surface area contributed by atoms with Crippen molar-refractivity contribution in [2.45, 2.75) is 6.92 Å². The molecular formula is C26H20N4. The van der Waals surface area contributed by atoms with E-state index in [1.165, 1.54) is 22.1 Å². The van der Waals surface area contributed by atoms with Crippen LogP contribution in [0.2, 0.25) is 0 Å². The molecular weight excluding hydrogens is 368 g/mol. The number of H-pyrrole nitrogens is 2. The van der Waals surface area contributed by atoms with Gasteiger partial charge >= 0.3 is 0 Å². The molecule has 0 aliphatic carbocycles. The van der Waals surface area contributed by atoms with Gasteiger partial charge in [-0.2, -0.15) is 0 Å². The molecule has 0 atom stereocenters. The normalized spacial score (nSPS) is 12.2. The van der Waals surface area contributed by atoms with Crippen LogP contribution >= 0.6 is 0 Å². The van der Waals surface area contributed by atoms with Crippen LogP contribution in [-0.4, -0.2) is 19.4 Å². The lowest BCUT2D eigenvalue weighted by atomic mass is 10.0. The predicted octanol–water partition coefficient (Wildman–Crippen LogP) is 6.79. The van der Waals surface area contributed by atoms with Crippen LogP contribution in [-0.2, 0) is 0 Å². The summed E-state index contributed by atoms with van der Waals surface area (Å²) in [6.07, 6.45) is 6.06. The van der Waals surface area contributed by atoms with Crippen molar-refractivity contribution in [3.63, 3.8) is 0 Å². The number of aromatic nitrogens is 4. The van der Waals surface area contributed by atoms with Crippen molar-refractivity contribution < 1.29 is 0 Å². The number of nitrogens with one attached hydrogen (secondary N) is 2. The highest BCUT2D eigenvalue weighted by Crippen LogP contribution is 2.32. The van der Waals surface area contributed by atoms with E-state index in [0.29, 0.717) is 0 Å². The van der Waals surface area contributed by atoms with Crippen LogP contribution in [0.15, 0.2) is 73.3 Å². The standard InChI is InChI=1S/C26H20N4/c1-3-7-18-19-12-10-16(14-23(19)27-20(18)4-2)17-11-13-22-25(15-17)30-24-9-6-5-8-21(24)28-26(30)29-22/h3-15,27H,2H2,1H3,(H,28,29)/b7-3-. The van der Waals surface area contributed by atoms with Gasteiger partial charge in [0.05, 0.1) is 22.1 Å². The highest BCUT2D eigenvalue weighted by molar-refractivity contribution is 5.97. The Kier molecular flexibility index (Phi) is 3.50. The Bertz CT molecular complexity index is 1620. The van der Waals surface area contributed by atoms with Crippen LogP contribution < -0.4 is 0 Å². The maximum Gasteiger partial charge on any atom is 0.213 e. The molecule has 0 bridgehead atoms. The Morgan fingerprint density at radius 2 is 1.73 bits per heavy atom. The van der Waals surface area contributed by atoms with Crippen molar-refractivity contribution in [3.8, 4) is 11.1 Å². The fraction of sp³-hybridized carbons (Fsp3) is 0.0385. The highest BCUT2D eigenvalue weighted by atomic mass is 15.1. The number of imidazole rings is 2. The van der Waals surface area contributed by atoms with Gasteiger partial charge < -0.3 is 9.97 Å². The summed E-state index contributed by atoms with van der Waals surface area (Å²) in [4.78, 5) is 11.7. The Hall–Kier alpha value is -4.05. The van der Waals surface area contributed by atoms with Crippen LogP contribution in [0.1, 0.15) is 18.2 Å². The second-order valence-electron chi connectivity index (χ2n) is 7.53. The van der Waals surface area contributed by atoms with Crippen LogP contribution in [0.3, 0.4) is 0 Å². The zero-order valence-electron chi connectivity index (χ0n) is 16.6. The van der Waals surface area contributed by atoms with E-state index in [0.717, 1.165) is 39.1 Å². The first-order chi connectivity index (χ1) is 14.8. The van der Waals surface area contributed by atoms with Gasteiger partial charge in [-0.25, -0.2) is 4.98 Å². The number of allylic oxidation sites excluding steroid dienone is 1. The molecule has 0 aliphatic heterocycles. The Morgan fingerprint density at radius 1 is 0.900 bits per heavy atom. The number of para-hydroxylation sites is 2. The maximum atomic E-state index is 4.77. The Labute approximate surface area is 173 Å². The van der Waals surface area contributed by atoms with E-state index in [2.05, 4.69) is 87.7 Å². The average molecular weight is 388 g/mol. The third kappa shape index (κ3) is 2.31. The molecule has 0 fully saturated rings. The third-order valence-electron chi connectivity index (χ3n) is 5.79. The van der Waals surface area contributed by atoms with Crippen LogP contribution in [0.5, 0.6) is 0 Å². The van der Waals surface area contributed by atoms with Crippen molar-refractivity contribution in [1.29, 1.82) is 0 Å². The fourth-order valence-electron chi connectivity index (χ4n) is 4.40. The van der Waals surface area contributed by atoms with Gasteiger partial charge in [-0.05, 0) is 54.5 Å². The highest BCUT2D eigenvalue weighted by Gasteiger charge is 2.13. The van der Waals surface area contributed by atoms with Crippen molar-refractivity contribution in [2.75, 3.05) is 0 Å². The molecule has 0 saturated heterocycles. The lowest BCUT2D eigenvalue weighted by Crippen LogP contribution is -1.83. The van der Waals surface area contributed by atoms with Gasteiger partial charge in [0.2, 0.25) is 5.78 Å². The number of hydrogen-bond acceptors (Lipinski definition) is 1. The molecule has 144 valence electrons. The van der Waals surface area contributed by atoms with E-state index in [-0.39, 0.29) is 0 Å². The maximum absolute atomic E-state index is 4.77. The second kappa shape index (κ2) is 6.22. The molecule has 0 spiro atoms. The smallest absolute Gasteiger partial charge is 0.213 e. The van der Waals surface area contributed by atoms with E-state index in [9.17, 15) is 0 Å². The molecule has 6 rings (SSSR count). The average Bonchev–Trinajstić information content (AvgIpc) is 3.42. The molecule has 4 heteroatoms. The van der Waals surface area contributed by atoms with Gasteiger partial charge in [0.1, 0.15) is 0 Å².